The molecule has 2 saturated heterocycles. The van der Waals surface area contributed by atoms with Gasteiger partial charge in [-0.15, -0.1) is 0 Å². The number of nitrogens with one attached hydrogen (secondary N) is 1. The van der Waals surface area contributed by atoms with E-state index in [9.17, 15) is 9.59 Å². The van der Waals surface area contributed by atoms with E-state index in [4.69, 9.17) is 16.3 Å². The van der Waals surface area contributed by atoms with Crippen LogP contribution in [0.1, 0.15) is 55.3 Å². The van der Waals surface area contributed by atoms with Crippen LogP contribution in [0.5, 0.6) is 5.75 Å². The van der Waals surface area contributed by atoms with Gasteiger partial charge in [-0.3, -0.25) is 14.5 Å². The van der Waals surface area contributed by atoms with Gasteiger partial charge in [-0.25, -0.2) is 0 Å². The van der Waals surface area contributed by atoms with E-state index in [0.717, 1.165) is 25.4 Å². The number of carbonyl (C=O) groups is 2. The molecule has 1 aromatic rings. The third kappa shape index (κ3) is 4.53. The fourth-order valence-corrected chi connectivity index (χ4v) is 4.92. The van der Waals surface area contributed by atoms with Gasteiger partial charge in [-0.2, -0.15) is 0 Å². The highest BCUT2D eigenvalue weighted by atomic mass is 35.5. The first kappa shape index (κ1) is 20.5. The Bertz CT molecular complexity index is 768. The standard InChI is InChI=1S/C22H30ClN3O3/c1-29-20-10-7-15(23)13-18(20)22(28)26-12-4-6-19(26)21(27)24-14-17-5-2-3-11-25(17)16-8-9-16/h7,10,13,16-17,19H,2-6,8-9,11-12,14H2,1H3,(H,24,27)/t17-,19-/m0/s1. The second kappa shape index (κ2) is 8.92. The van der Waals surface area contributed by atoms with Crippen LogP contribution in [0.15, 0.2) is 18.2 Å². The third-order valence-electron chi connectivity index (χ3n) is 6.41. The minimum Gasteiger partial charge on any atom is -0.496 e. The first-order chi connectivity index (χ1) is 14.1. The maximum absolute atomic E-state index is 13.1. The van der Waals surface area contributed by atoms with E-state index in [1.165, 1.54) is 32.8 Å². The Morgan fingerprint density at radius 3 is 2.72 bits per heavy atom. The number of hydrogen-bond donors (Lipinski definition) is 1. The van der Waals surface area contributed by atoms with Gasteiger partial charge in [0.25, 0.3) is 5.91 Å². The number of likely N-dealkylation sites (tertiary alicyclic amines) is 2. The average molecular weight is 420 g/mol. The van der Waals surface area contributed by atoms with Gasteiger partial charge in [-0.1, -0.05) is 18.0 Å². The van der Waals surface area contributed by atoms with Gasteiger partial charge in [0, 0.05) is 30.2 Å². The fourth-order valence-electron chi connectivity index (χ4n) is 4.75. The molecule has 2 heterocycles. The molecule has 3 aliphatic rings. The Labute approximate surface area is 177 Å². The summed E-state index contributed by atoms with van der Waals surface area (Å²) in [5.74, 6) is 0.241. The van der Waals surface area contributed by atoms with E-state index in [1.807, 2.05) is 0 Å². The number of nitrogens with zero attached hydrogens (tertiary/aromatic N) is 2. The number of halogens is 1. The number of amides is 2. The molecule has 1 saturated carbocycles. The zero-order valence-corrected chi connectivity index (χ0v) is 17.8. The first-order valence-corrected chi connectivity index (χ1v) is 11.1. The van der Waals surface area contributed by atoms with Crippen molar-refractivity contribution in [2.45, 2.75) is 63.1 Å². The topological polar surface area (TPSA) is 61.9 Å². The second-order valence-corrected chi connectivity index (χ2v) is 8.80. The summed E-state index contributed by atoms with van der Waals surface area (Å²) in [6.07, 6.45) is 7.72. The normalized spacial score (nSPS) is 25.1. The second-order valence-electron chi connectivity index (χ2n) is 8.36. The van der Waals surface area contributed by atoms with Crippen molar-refractivity contribution in [3.63, 3.8) is 0 Å². The van der Waals surface area contributed by atoms with Crippen LogP contribution in [0.3, 0.4) is 0 Å². The summed E-state index contributed by atoms with van der Waals surface area (Å²) in [5, 5.41) is 3.63. The van der Waals surface area contributed by atoms with Crippen molar-refractivity contribution in [2.75, 3.05) is 26.7 Å². The van der Waals surface area contributed by atoms with Crippen molar-refractivity contribution >= 4 is 23.4 Å². The number of rotatable bonds is 6. The van der Waals surface area contributed by atoms with Crippen LogP contribution in [0.4, 0.5) is 0 Å². The highest BCUT2D eigenvalue weighted by Gasteiger charge is 2.38. The van der Waals surface area contributed by atoms with Gasteiger partial charge < -0.3 is 15.0 Å². The maximum Gasteiger partial charge on any atom is 0.258 e. The summed E-state index contributed by atoms with van der Waals surface area (Å²) in [4.78, 5) is 30.4. The number of benzene rings is 1. The van der Waals surface area contributed by atoms with Gasteiger partial charge >= 0.3 is 0 Å². The molecule has 29 heavy (non-hydrogen) atoms. The lowest BCUT2D eigenvalue weighted by atomic mass is 10.0. The van der Waals surface area contributed by atoms with Gasteiger partial charge in [0.2, 0.25) is 5.91 Å². The lowest BCUT2D eigenvalue weighted by molar-refractivity contribution is -0.125. The number of piperidine rings is 1. The molecule has 7 heteroatoms. The molecule has 0 aromatic heterocycles. The minimum atomic E-state index is -0.427. The smallest absolute Gasteiger partial charge is 0.258 e. The number of ether oxygens (including phenoxy) is 1. The van der Waals surface area contributed by atoms with E-state index in [2.05, 4.69) is 10.2 Å². The first-order valence-electron chi connectivity index (χ1n) is 10.8. The molecule has 0 bridgehead atoms. The molecule has 4 rings (SSSR count). The molecule has 3 fully saturated rings. The Morgan fingerprint density at radius 2 is 1.97 bits per heavy atom. The van der Waals surface area contributed by atoms with Crippen molar-refractivity contribution in [3.8, 4) is 5.75 Å². The number of methoxy groups -OCH3 is 1. The monoisotopic (exact) mass is 419 g/mol. The van der Waals surface area contributed by atoms with E-state index in [1.54, 1.807) is 23.1 Å². The van der Waals surface area contributed by atoms with E-state index >= 15 is 0 Å². The zero-order valence-electron chi connectivity index (χ0n) is 17.0. The van der Waals surface area contributed by atoms with Gasteiger partial charge in [-0.05, 0) is 63.3 Å². The van der Waals surface area contributed by atoms with Gasteiger partial charge in [0.05, 0.1) is 12.7 Å². The maximum atomic E-state index is 13.1. The molecule has 2 amide bonds. The van der Waals surface area contributed by atoms with Crippen molar-refractivity contribution in [3.05, 3.63) is 28.8 Å². The molecular formula is C22H30ClN3O3. The van der Waals surface area contributed by atoms with Crippen LogP contribution < -0.4 is 10.1 Å². The highest BCUT2D eigenvalue weighted by Crippen LogP contribution is 2.32. The summed E-state index contributed by atoms with van der Waals surface area (Å²) >= 11 is 6.09. The molecule has 158 valence electrons. The van der Waals surface area contributed by atoms with Crippen molar-refractivity contribution in [2.24, 2.45) is 0 Å². The number of carbonyl (C=O) groups excluding carboxylic acids is 2. The largest absolute Gasteiger partial charge is 0.496 e. The molecule has 2 aliphatic heterocycles. The quantitative estimate of drug-likeness (QED) is 0.769. The van der Waals surface area contributed by atoms with Crippen LogP contribution in [0.25, 0.3) is 0 Å². The summed E-state index contributed by atoms with van der Waals surface area (Å²) in [6.45, 7) is 2.40. The molecule has 0 spiro atoms. The Balaban J connectivity index is 1.40. The summed E-state index contributed by atoms with van der Waals surface area (Å²) in [5.41, 5.74) is 0.409. The molecule has 1 aromatic carbocycles. The molecular weight excluding hydrogens is 390 g/mol. The summed E-state index contributed by atoms with van der Waals surface area (Å²) in [6, 6.07) is 5.73. The van der Waals surface area contributed by atoms with Crippen LogP contribution in [0.2, 0.25) is 5.02 Å². The molecule has 0 unspecified atom stereocenters. The highest BCUT2D eigenvalue weighted by molar-refractivity contribution is 6.31. The SMILES string of the molecule is COc1ccc(Cl)cc1C(=O)N1CCC[C@H]1C(=O)NC[C@@H]1CCCCN1C1CC1. The third-order valence-corrected chi connectivity index (χ3v) is 6.64. The average Bonchev–Trinajstić information content (AvgIpc) is 3.47. The van der Waals surface area contributed by atoms with Gasteiger partial charge in [0.1, 0.15) is 11.8 Å². The predicted molar refractivity (Wildman–Crippen MR) is 112 cm³/mol. The molecule has 1 aliphatic carbocycles. The lowest BCUT2D eigenvalue weighted by Gasteiger charge is -2.36. The van der Waals surface area contributed by atoms with Crippen LogP contribution in [-0.2, 0) is 4.79 Å². The van der Waals surface area contributed by atoms with Gasteiger partial charge in [0.15, 0.2) is 0 Å². The number of hydrogen-bond acceptors (Lipinski definition) is 4. The zero-order chi connectivity index (χ0) is 20.4. The Morgan fingerprint density at radius 1 is 1.14 bits per heavy atom. The molecule has 6 nitrogen and oxygen atoms in total. The molecule has 1 N–H and O–H groups in total. The molecule has 2 atom stereocenters. The van der Waals surface area contributed by atoms with Crippen LogP contribution in [-0.4, -0.2) is 66.5 Å². The van der Waals surface area contributed by atoms with E-state index < -0.39 is 6.04 Å². The van der Waals surface area contributed by atoms with Crippen molar-refractivity contribution in [1.29, 1.82) is 0 Å². The predicted octanol–water partition coefficient (Wildman–Crippen LogP) is 3.09. The van der Waals surface area contributed by atoms with E-state index in [0.29, 0.717) is 41.9 Å². The minimum absolute atomic E-state index is 0.0434. The van der Waals surface area contributed by atoms with Crippen LogP contribution in [0, 0.1) is 0 Å². The summed E-state index contributed by atoms with van der Waals surface area (Å²) < 4.78 is 5.33. The van der Waals surface area contributed by atoms with Crippen LogP contribution >= 0.6 is 11.6 Å². The summed E-state index contributed by atoms with van der Waals surface area (Å²) in [7, 11) is 1.53. The lowest BCUT2D eigenvalue weighted by Crippen LogP contribution is -2.51. The Hall–Kier alpha value is -1.79. The Kier molecular flexibility index (Phi) is 6.30. The molecule has 0 radical (unpaired) electrons. The van der Waals surface area contributed by atoms with Crippen molar-refractivity contribution < 1.29 is 14.3 Å². The fraction of sp³-hybridized carbons (Fsp3) is 0.636. The van der Waals surface area contributed by atoms with Crippen molar-refractivity contribution in [1.82, 2.24) is 15.1 Å². The van der Waals surface area contributed by atoms with E-state index in [-0.39, 0.29) is 11.8 Å².